The minimum absolute atomic E-state index is 0.130. The van der Waals surface area contributed by atoms with E-state index >= 15 is 0 Å². The molecule has 1 aromatic heterocycles. The summed E-state index contributed by atoms with van der Waals surface area (Å²) < 4.78 is 23.4. The minimum atomic E-state index is -3.36. The lowest BCUT2D eigenvalue weighted by atomic mass is 10.1. The normalized spacial score (nSPS) is 14.6. The fourth-order valence-electron chi connectivity index (χ4n) is 2.87. The van der Waals surface area contributed by atoms with Crippen LogP contribution in [0.2, 0.25) is 0 Å². The summed E-state index contributed by atoms with van der Waals surface area (Å²) in [6.07, 6.45) is 5.11. The summed E-state index contributed by atoms with van der Waals surface area (Å²) in [6.45, 7) is 3.79. The highest BCUT2D eigenvalue weighted by Gasteiger charge is 2.16. The number of rotatable bonds is 4. The number of amides is 1. The maximum atomic E-state index is 12.5. The molecule has 2 heterocycles. The average molecular weight is 359 g/mol. The molecule has 3 rings (SSSR count). The summed E-state index contributed by atoms with van der Waals surface area (Å²) in [7, 11) is -3.36. The van der Waals surface area contributed by atoms with Crippen molar-refractivity contribution >= 4 is 27.2 Å². The monoisotopic (exact) mass is 359 g/mol. The van der Waals surface area contributed by atoms with Gasteiger partial charge in [0.2, 0.25) is 0 Å². The average Bonchev–Trinajstić information content (AvgIpc) is 3.09. The molecule has 0 atom stereocenters. The molecule has 1 amide bonds. The van der Waals surface area contributed by atoms with Crippen LogP contribution in [0.1, 0.15) is 28.8 Å². The summed E-state index contributed by atoms with van der Waals surface area (Å²) in [5.74, 6) is 0.560. The SMILES string of the molecule is Cc1ccc(S(C)(=O)=O)cc1C(=O)Nc1ccc(N2CCCC2)nc1. The van der Waals surface area contributed by atoms with E-state index < -0.39 is 9.84 Å². The number of hydrogen-bond acceptors (Lipinski definition) is 5. The molecule has 6 nitrogen and oxygen atoms in total. The van der Waals surface area contributed by atoms with Crippen molar-refractivity contribution in [3.05, 3.63) is 47.7 Å². The molecule has 0 radical (unpaired) electrons. The van der Waals surface area contributed by atoms with Gasteiger partial charge in [-0.2, -0.15) is 0 Å². The Morgan fingerprint density at radius 3 is 2.48 bits per heavy atom. The van der Waals surface area contributed by atoms with Gasteiger partial charge in [0.15, 0.2) is 9.84 Å². The van der Waals surface area contributed by atoms with Crippen molar-refractivity contribution in [3.8, 4) is 0 Å². The Morgan fingerprint density at radius 1 is 1.16 bits per heavy atom. The molecule has 0 unspecified atom stereocenters. The van der Waals surface area contributed by atoms with Gasteiger partial charge < -0.3 is 10.2 Å². The highest BCUT2D eigenvalue weighted by atomic mass is 32.2. The van der Waals surface area contributed by atoms with Crippen LogP contribution in [0, 0.1) is 6.92 Å². The van der Waals surface area contributed by atoms with Crippen LogP contribution in [-0.2, 0) is 9.84 Å². The van der Waals surface area contributed by atoms with Gasteiger partial charge in [0.25, 0.3) is 5.91 Å². The summed E-state index contributed by atoms with van der Waals surface area (Å²) in [5, 5.41) is 2.78. The van der Waals surface area contributed by atoms with E-state index in [-0.39, 0.29) is 10.8 Å². The van der Waals surface area contributed by atoms with E-state index in [1.165, 1.54) is 25.0 Å². The molecule has 132 valence electrons. The number of nitrogens with zero attached hydrogens (tertiary/aromatic N) is 2. The Balaban J connectivity index is 1.78. The lowest BCUT2D eigenvalue weighted by molar-refractivity contribution is 0.102. The molecular weight excluding hydrogens is 338 g/mol. The number of benzene rings is 1. The number of anilines is 2. The van der Waals surface area contributed by atoms with E-state index in [1.807, 2.05) is 12.1 Å². The van der Waals surface area contributed by atoms with Crippen LogP contribution in [0.3, 0.4) is 0 Å². The van der Waals surface area contributed by atoms with E-state index in [0.29, 0.717) is 16.8 Å². The Bertz CT molecular complexity index is 886. The van der Waals surface area contributed by atoms with Gasteiger partial charge in [-0.05, 0) is 49.6 Å². The Kier molecular flexibility index (Phi) is 4.76. The number of carbonyl (C=O) groups is 1. The molecule has 1 fully saturated rings. The number of sulfone groups is 1. The molecule has 7 heteroatoms. The zero-order valence-corrected chi connectivity index (χ0v) is 15.1. The number of hydrogen-bond donors (Lipinski definition) is 1. The number of nitrogens with one attached hydrogen (secondary N) is 1. The van der Waals surface area contributed by atoms with Crippen molar-refractivity contribution in [1.82, 2.24) is 4.98 Å². The van der Waals surface area contributed by atoms with Crippen LogP contribution in [0.5, 0.6) is 0 Å². The Morgan fingerprint density at radius 2 is 1.88 bits per heavy atom. The molecule has 0 spiro atoms. The molecule has 25 heavy (non-hydrogen) atoms. The van der Waals surface area contributed by atoms with E-state index in [2.05, 4.69) is 15.2 Å². The first kappa shape index (κ1) is 17.4. The molecule has 0 aliphatic carbocycles. The third kappa shape index (κ3) is 3.99. The first-order chi connectivity index (χ1) is 11.8. The lowest BCUT2D eigenvalue weighted by Crippen LogP contribution is -2.19. The van der Waals surface area contributed by atoms with Crippen LogP contribution in [-0.4, -0.2) is 38.7 Å². The fourth-order valence-corrected chi connectivity index (χ4v) is 3.52. The molecule has 2 aromatic rings. The second-order valence-electron chi connectivity index (χ2n) is 6.30. The molecule has 0 saturated carbocycles. The first-order valence-corrected chi connectivity index (χ1v) is 10.1. The summed E-state index contributed by atoms with van der Waals surface area (Å²) >= 11 is 0. The van der Waals surface area contributed by atoms with Gasteiger partial charge in [-0.15, -0.1) is 0 Å². The highest BCUT2D eigenvalue weighted by Crippen LogP contribution is 2.21. The van der Waals surface area contributed by atoms with Crippen molar-refractivity contribution in [2.45, 2.75) is 24.7 Å². The summed E-state index contributed by atoms with van der Waals surface area (Å²) in [4.78, 5) is 19.3. The topological polar surface area (TPSA) is 79.4 Å². The summed E-state index contributed by atoms with van der Waals surface area (Å²) in [6, 6.07) is 8.26. The molecule has 1 N–H and O–H groups in total. The van der Waals surface area contributed by atoms with Gasteiger partial charge in [0.05, 0.1) is 16.8 Å². The van der Waals surface area contributed by atoms with E-state index in [1.54, 1.807) is 19.2 Å². The molecular formula is C18H21N3O3S. The fraction of sp³-hybridized carbons (Fsp3) is 0.333. The van der Waals surface area contributed by atoms with Crippen LogP contribution in [0.15, 0.2) is 41.4 Å². The minimum Gasteiger partial charge on any atom is -0.357 e. The zero-order valence-electron chi connectivity index (χ0n) is 14.3. The summed E-state index contributed by atoms with van der Waals surface area (Å²) in [5.41, 5.74) is 1.63. The van der Waals surface area contributed by atoms with Crippen molar-refractivity contribution in [2.75, 3.05) is 29.6 Å². The van der Waals surface area contributed by atoms with Crippen molar-refractivity contribution in [3.63, 3.8) is 0 Å². The van der Waals surface area contributed by atoms with Gasteiger partial charge in [0, 0.05) is 24.9 Å². The van der Waals surface area contributed by atoms with Crippen LogP contribution in [0.4, 0.5) is 11.5 Å². The van der Waals surface area contributed by atoms with E-state index in [9.17, 15) is 13.2 Å². The molecule has 1 aliphatic heterocycles. The van der Waals surface area contributed by atoms with Crippen LogP contribution >= 0.6 is 0 Å². The Hall–Kier alpha value is -2.41. The van der Waals surface area contributed by atoms with Crippen LogP contribution in [0.25, 0.3) is 0 Å². The quantitative estimate of drug-likeness (QED) is 0.908. The number of aromatic nitrogens is 1. The maximum absolute atomic E-state index is 12.5. The van der Waals surface area contributed by atoms with Crippen molar-refractivity contribution < 1.29 is 13.2 Å². The second-order valence-corrected chi connectivity index (χ2v) is 8.32. The van der Waals surface area contributed by atoms with Gasteiger partial charge in [-0.3, -0.25) is 4.79 Å². The third-order valence-corrected chi connectivity index (χ3v) is 5.43. The zero-order chi connectivity index (χ0) is 18.0. The molecule has 1 aromatic carbocycles. The maximum Gasteiger partial charge on any atom is 0.256 e. The number of aryl methyl sites for hydroxylation is 1. The first-order valence-electron chi connectivity index (χ1n) is 8.18. The van der Waals surface area contributed by atoms with Gasteiger partial charge in [0.1, 0.15) is 5.82 Å². The van der Waals surface area contributed by atoms with E-state index in [0.717, 1.165) is 25.2 Å². The third-order valence-electron chi connectivity index (χ3n) is 4.32. The number of carbonyl (C=O) groups excluding carboxylic acids is 1. The van der Waals surface area contributed by atoms with Gasteiger partial charge in [-0.25, -0.2) is 13.4 Å². The predicted molar refractivity (Wildman–Crippen MR) is 97.9 cm³/mol. The second kappa shape index (κ2) is 6.84. The van der Waals surface area contributed by atoms with Crippen LogP contribution < -0.4 is 10.2 Å². The predicted octanol–water partition coefficient (Wildman–Crippen LogP) is 2.65. The molecule has 1 aliphatic rings. The smallest absolute Gasteiger partial charge is 0.256 e. The standard InChI is InChI=1S/C18H21N3O3S/c1-13-5-7-15(25(2,23)24)11-16(13)18(22)20-14-6-8-17(19-12-14)21-9-3-4-10-21/h5-8,11-12H,3-4,9-10H2,1-2H3,(H,20,22). The van der Waals surface area contributed by atoms with Crippen molar-refractivity contribution in [1.29, 1.82) is 0 Å². The lowest BCUT2D eigenvalue weighted by Gasteiger charge is -2.16. The van der Waals surface area contributed by atoms with Gasteiger partial charge in [-0.1, -0.05) is 6.07 Å². The molecule has 1 saturated heterocycles. The molecule has 0 bridgehead atoms. The Labute approximate surface area is 147 Å². The van der Waals surface area contributed by atoms with Crippen molar-refractivity contribution in [2.24, 2.45) is 0 Å². The largest absolute Gasteiger partial charge is 0.357 e. The highest BCUT2D eigenvalue weighted by molar-refractivity contribution is 7.90. The van der Waals surface area contributed by atoms with Gasteiger partial charge >= 0.3 is 0 Å². The number of pyridine rings is 1. The van der Waals surface area contributed by atoms with E-state index in [4.69, 9.17) is 0 Å².